The molecular formula is C20H26N2O3. The van der Waals surface area contributed by atoms with Crippen LogP contribution in [0.3, 0.4) is 0 Å². The molecule has 0 radical (unpaired) electrons. The molecule has 134 valence electrons. The van der Waals surface area contributed by atoms with Crippen LogP contribution in [0.1, 0.15) is 34.6 Å². The molecule has 1 amide bonds. The first-order valence-electron chi connectivity index (χ1n) is 8.79. The summed E-state index contributed by atoms with van der Waals surface area (Å²) < 4.78 is 12.9. The lowest BCUT2D eigenvalue weighted by Gasteiger charge is -2.22. The molecule has 0 unspecified atom stereocenters. The van der Waals surface area contributed by atoms with Gasteiger partial charge in [0.05, 0.1) is 19.3 Å². The summed E-state index contributed by atoms with van der Waals surface area (Å²) in [6.07, 6.45) is 2.19. The van der Waals surface area contributed by atoms with Crippen molar-refractivity contribution in [3.63, 3.8) is 0 Å². The van der Waals surface area contributed by atoms with Gasteiger partial charge >= 0.3 is 0 Å². The molecule has 5 nitrogen and oxygen atoms in total. The molecular weight excluding hydrogens is 316 g/mol. The van der Waals surface area contributed by atoms with Gasteiger partial charge in [-0.15, -0.1) is 0 Å². The Morgan fingerprint density at radius 1 is 1.36 bits per heavy atom. The first kappa shape index (κ1) is 17.5. The Hall–Kier alpha value is -2.27. The molecule has 5 heteroatoms. The Balaban J connectivity index is 1.77. The standard InChI is InChI=1S/C20H26N2O3/c1-14-10-19(20(23)21-12-16-6-5-9-25-13-16)15(2)22(14)17-7-4-8-18(11-17)24-3/h4,7-8,10-11,16H,5-6,9,12-13H2,1-3H3,(H,21,23)/t16-/m0/s1. The highest BCUT2D eigenvalue weighted by Gasteiger charge is 2.19. The smallest absolute Gasteiger partial charge is 0.253 e. The van der Waals surface area contributed by atoms with Gasteiger partial charge in [0.2, 0.25) is 0 Å². The van der Waals surface area contributed by atoms with Crippen LogP contribution < -0.4 is 10.1 Å². The third-order valence-corrected chi connectivity index (χ3v) is 4.79. The zero-order valence-electron chi connectivity index (χ0n) is 15.2. The normalized spacial score (nSPS) is 17.3. The van der Waals surface area contributed by atoms with Crippen molar-refractivity contribution in [3.8, 4) is 11.4 Å². The summed E-state index contributed by atoms with van der Waals surface area (Å²) in [5, 5.41) is 3.07. The average molecular weight is 342 g/mol. The molecule has 1 N–H and O–H groups in total. The number of nitrogens with zero attached hydrogens (tertiary/aromatic N) is 1. The predicted octanol–water partition coefficient (Wildman–Crippen LogP) is 3.26. The number of amides is 1. The molecule has 1 aromatic heterocycles. The van der Waals surface area contributed by atoms with E-state index < -0.39 is 0 Å². The first-order chi connectivity index (χ1) is 12.1. The quantitative estimate of drug-likeness (QED) is 0.907. The van der Waals surface area contributed by atoms with Crippen LogP contribution in [-0.2, 0) is 4.74 Å². The van der Waals surface area contributed by atoms with Gasteiger partial charge in [0.15, 0.2) is 0 Å². The van der Waals surface area contributed by atoms with E-state index in [9.17, 15) is 4.79 Å². The molecule has 3 rings (SSSR count). The van der Waals surface area contributed by atoms with Gasteiger partial charge in [-0.1, -0.05) is 6.07 Å². The Morgan fingerprint density at radius 3 is 2.92 bits per heavy atom. The lowest BCUT2D eigenvalue weighted by molar-refractivity contribution is 0.0536. The molecule has 0 spiro atoms. The minimum absolute atomic E-state index is 0.0205. The number of carbonyl (C=O) groups is 1. The van der Waals surface area contributed by atoms with Gasteiger partial charge in [-0.2, -0.15) is 0 Å². The van der Waals surface area contributed by atoms with Crippen molar-refractivity contribution >= 4 is 5.91 Å². The highest BCUT2D eigenvalue weighted by molar-refractivity contribution is 5.95. The third kappa shape index (κ3) is 3.87. The average Bonchev–Trinajstić information content (AvgIpc) is 2.95. The Labute approximate surface area is 148 Å². The van der Waals surface area contributed by atoms with E-state index in [1.54, 1.807) is 7.11 Å². The van der Waals surface area contributed by atoms with Crippen LogP contribution in [0.2, 0.25) is 0 Å². The minimum atomic E-state index is -0.0205. The Bertz CT molecular complexity index is 745. The summed E-state index contributed by atoms with van der Waals surface area (Å²) in [5.74, 6) is 1.20. The van der Waals surface area contributed by atoms with Crippen molar-refractivity contribution in [3.05, 3.63) is 47.3 Å². The number of methoxy groups -OCH3 is 1. The van der Waals surface area contributed by atoms with Gasteiger partial charge in [0.1, 0.15) is 5.75 Å². The van der Waals surface area contributed by atoms with Gasteiger partial charge in [-0.3, -0.25) is 4.79 Å². The second-order valence-electron chi connectivity index (χ2n) is 6.61. The molecule has 1 saturated heterocycles. The maximum atomic E-state index is 12.6. The lowest BCUT2D eigenvalue weighted by Crippen LogP contribution is -2.33. The second-order valence-corrected chi connectivity index (χ2v) is 6.61. The summed E-state index contributed by atoms with van der Waals surface area (Å²) in [6.45, 7) is 6.24. The fourth-order valence-corrected chi connectivity index (χ4v) is 3.44. The van der Waals surface area contributed by atoms with Crippen molar-refractivity contribution < 1.29 is 14.3 Å². The highest BCUT2D eigenvalue weighted by atomic mass is 16.5. The molecule has 1 fully saturated rings. The number of ether oxygens (including phenoxy) is 2. The molecule has 25 heavy (non-hydrogen) atoms. The van der Waals surface area contributed by atoms with Crippen molar-refractivity contribution in [1.29, 1.82) is 0 Å². The van der Waals surface area contributed by atoms with E-state index in [4.69, 9.17) is 9.47 Å². The number of aromatic nitrogens is 1. The van der Waals surface area contributed by atoms with E-state index in [-0.39, 0.29) is 5.91 Å². The molecule has 1 aliphatic heterocycles. The number of hydrogen-bond donors (Lipinski definition) is 1. The number of benzene rings is 1. The molecule has 0 bridgehead atoms. The lowest BCUT2D eigenvalue weighted by atomic mass is 10.0. The predicted molar refractivity (Wildman–Crippen MR) is 97.7 cm³/mol. The SMILES string of the molecule is COc1cccc(-n2c(C)cc(C(=O)NC[C@@H]3CCCOC3)c2C)c1. The number of nitrogens with one attached hydrogen (secondary N) is 1. The first-order valence-corrected chi connectivity index (χ1v) is 8.79. The maximum absolute atomic E-state index is 12.6. The van der Waals surface area contributed by atoms with Crippen LogP contribution in [0.4, 0.5) is 0 Å². The molecule has 1 aliphatic rings. The molecule has 2 heterocycles. The largest absolute Gasteiger partial charge is 0.497 e. The van der Waals surface area contributed by atoms with E-state index >= 15 is 0 Å². The fraction of sp³-hybridized carbons (Fsp3) is 0.450. The van der Waals surface area contributed by atoms with Gasteiger partial charge in [0, 0.05) is 36.3 Å². The number of carbonyl (C=O) groups excluding carboxylic acids is 1. The van der Waals surface area contributed by atoms with E-state index in [0.29, 0.717) is 12.5 Å². The molecule has 1 aromatic carbocycles. The van der Waals surface area contributed by atoms with Gasteiger partial charge < -0.3 is 19.4 Å². The third-order valence-electron chi connectivity index (χ3n) is 4.79. The molecule has 1 atom stereocenters. The van der Waals surface area contributed by atoms with Crippen molar-refractivity contribution in [1.82, 2.24) is 9.88 Å². The summed E-state index contributed by atoms with van der Waals surface area (Å²) in [6, 6.07) is 9.81. The van der Waals surface area contributed by atoms with Gasteiger partial charge in [-0.05, 0) is 50.8 Å². The molecule has 2 aromatic rings. The zero-order valence-corrected chi connectivity index (χ0v) is 15.2. The molecule has 0 saturated carbocycles. The maximum Gasteiger partial charge on any atom is 0.253 e. The summed E-state index contributed by atoms with van der Waals surface area (Å²) >= 11 is 0. The van der Waals surface area contributed by atoms with E-state index in [2.05, 4.69) is 9.88 Å². The number of rotatable bonds is 5. The van der Waals surface area contributed by atoms with Crippen LogP contribution in [-0.4, -0.2) is 37.3 Å². The van der Waals surface area contributed by atoms with Crippen LogP contribution in [0.15, 0.2) is 30.3 Å². The van der Waals surface area contributed by atoms with Crippen molar-refractivity contribution in [2.75, 3.05) is 26.9 Å². The van der Waals surface area contributed by atoms with Crippen LogP contribution in [0.25, 0.3) is 5.69 Å². The van der Waals surface area contributed by atoms with Crippen LogP contribution >= 0.6 is 0 Å². The minimum Gasteiger partial charge on any atom is -0.497 e. The monoisotopic (exact) mass is 342 g/mol. The Kier molecular flexibility index (Phi) is 5.43. The topological polar surface area (TPSA) is 52.5 Å². The van der Waals surface area contributed by atoms with Crippen LogP contribution in [0, 0.1) is 19.8 Å². The summed E-state index contributed by atoms with van der Waals surface area (Å²) in [4.78, 5) is 12.6. The summed E-state index contributed by atoms with van der Waals surface area (Å²) in [5.41, 5.74) is 3.67. The Morgan fingerprint density at radius 2 is 2.20 bits per heavy atom. The van der Waals surface area contributed by atoms with Gasteiger partial charge in [0.25, 0.3) is 5.91 Å². The van der Waals surface area contributed by atoms with Crippen LogP contribution in [0.5, 0.6) is 5.75 Å². The number of hydrogen-bond acceptors (Lipinski definition) is 3. The highest BCUT2D eigenvalue weighted by Crippen LogP contribution is 2.24. The van der Waals surface area contributed by atoms with Gasteiger partial charge in [-0.25, -0.2) is 0 Å². The fourth-order valence-electron chi connectivity index (χ4n) is 3.44. The van der Waals surface area contributed by atoms with E-state index in [1.165, 1.54) is 0 Å². The van der Waals surface area contributed by atoms with Crippen molar-refractivity contribution in [2.24, 2.45) is 5.92 Å². The number of aryl methyl sites for hydroxylation is 1. The van der Waals surface area contributed by atoms with Crippen molar-refractivity contribution in [2.45, 2.75) is 26.7 Å². The second kappa shape index (κ2) is 7.74. The zero-order chi connectivity index (χ0) is 17.8. The molecule has 0 aliphatic carbocycles. The van der Waals surface area contributed by atoms with E-state index in [0.717, 1.165) is 54.4 Å². The summed E-state index contributed by atoms with van der Waals surface area (Å²) in [7, 11) is 1.66. The van der Waals surface area contributed by atoms with E-state index in [1.807, 2.05) is 44.2 Å².